The predicted molar refractivity (Wildman–Crippen MR) is 114 cm³/mol. The van der Waals surface area contributed by atoms with Gasteiger partial charge in [0.1, 0.15) is 5.69 Å². The largest absolute Gasteiger partial charge is 0.451 e. The summed E-state index contributed by atoms with van der Waals surface area (Å²) < 4.78 is 6.94. The van der Waals surface area contributed by atoms with Gasteiger partial charge in [0.05, 0.1) is 10.6 Å². The van der Waals surface area contributed by atoms with Crippen molar-refractivity contribution in [3.8, 4) is 16.3 Å². The van der Waals surface area contributed by atoms with E-state index in [0.717, 1.165) is 10.6 Å². The molecule has 0 spiro atoms. The van der Waals surface area contributed by atoms with Gasteiger partial charge in [-0.3, -0.25) is 4.79 Å². The minimum absolute atomic E-state index is 0.0291. The van der Waals surface area contributed by atoms with Gasteiger partial charge in [-0.15, -0.1) is 11.3 Å². The molecule has 0 saturated heterocycles. The summed E-state index contributed by atoms with van der Waals surface area (Å²) in [6.07, 6.45) is 0. The fraction of sp³-hybridized carbons (Fsp3) is 0.318. The Morgan fingerprint density at radius 2 is 1.76 bits per heavy atom. The van der Waals surface area contributed by atoms with E-state index < -0.39 is 5.97 Å². The highest BCUT2D eigenvalue weighted by molar-refractivity contribution is 7.13. The van der Waals surface area contributed by atoms with Crippen LogP contribution < -0.4 is 0 Å². The maximum absolute atomic E-state index is 12.8. The van der Waals surface area contributed by atoms with Crippen LogP contribution in [0.4, 0.5) is 0 Å². The lowest BCUT2D eigenvalue weighted by Gasteiger charge is -2.30. The van der Waals surface area contributed by atoms with Crippen LogP contribution in [-0.2, 0) is 9.53 Å². The fourth-order valence-corrected chi connectivity index (χ4v) is 3.97. The Labute approximate surface area is 174 Å². The number of amides is 1. The molecule has 3 aromatic rings. The van der Waals surface area contributed by atoms with E-state index in [1.165, 1.54) is 0 Å². The smallest absolute Gasteiger partial charge is 0.357 e. The summed E-state index contributed by atoms with van der Waals surface area (Å²) in [5.41, 5.74) is 1.72. The van der Waals surface area contributed by atoms with Gasteiger partial charge in [-0.25, -0.2) is 9.48 Å². The van der Waals surface area contributed by atoms with E-state index in [-0.39, 0.29) is 30.3 Å². The first kappa shape index (κ1) is 20.8. The maximum Gasteiger partial charge on any atom is 0.357 e. The second-order valence-corrected chi connectivity index (χ2v) is 8.15. The summed E-state index contributed by atoms with van der Waals surface area (Å²) >= 11 is 1.54. The zero-order chi connectivity index (χ0) is 21.0. The number of hydrogen-bond donors (Lipinski definition) is 0. The van der Waals surface area contributed by atoms with Crippen LogP contribution in [-0.4, -0.2) is 45.2 Å². The van der Waals surface area contributed by atoms with E-state index in [0.29, 0.717) is 5.69 Å². The zero-order valence-electron chi connectivity index (χ0n) is 17.0. The number of thiophene rings is 1. The first-order chi connectivity index (χ1) is 13.9. The summed E-state index contributed by atoms with van der Waals surface area (Å²) in [4.78, 5) is 28.0. The van der Waals surface area contributed by atoms with Crippen LogP contribution in [0.2, 0.25) is 0 Å². The topological polar surface area (TPSA) is 64.4 Å². The molecular weight excluding hydrogens is 386 g/mol. The molecule has 1 aromatic carbocycles. The molecule has 29 heavy (non-hydrogen) atoms. The van der Waals surface area contributed by atoms with Crippen molar-refractivity contribution in [2.75, 3.05) is 6.61 Å². The van der Waals surface area contributed by atoms with Crippen molar-refractivity contribution in [3.05, 3.63) is 59.6 Å². The van der Waals surface area contributed by atoms with Gasteiger partial charge in [0.15, 0.2) is 12.3 Å². The second-order valence-electron chi connectivity index (χ2n) is 7.20. The molecule has 0 saturated carbocycles. The first-order valence-electron chi connectivity index (χ1n) is 9.56. The third kappa shape index (κ3) is 4.74. The summed E-state index contributed by atoms with van der Waals surface area (Å²) in [5, 5.41) is 6.55. The number of nitrogens with zero attached hydrogens (tertiary/aromatic N) is 3. The Morgan fingerprint density at radius 3 is 2.34 bits per heavy atom. The highest BCUT2D eigenvalue weighted by Gasteiger charge is 2.24. The number of benzene rings is 1. The monoisotopic (exact) mass is 411 g/mol. The van der Waals surface area contributed by atoms with Crippen molar-refractivity contribution < 1.29 is 14.3 Å². The molecule has 0 aliphatic carbocycles. The number of rotatable bonds is 7. The fourth-order valence-electron chi connectivity index (χ4n) is 3.29. The first-order valence-corrected chi connectivity index (χ1v) is 10.4. The van der Waals surface area contributed by atoms with Crippen LogP contribution in [0.5, 0.6) is 0 Å². The van der Waals surface area contributed by atoms with E-state index in [4.69, 9.17) is 4.74 Å². The average molecular weight is 412 g/mol. The van der Waals surface area contributed by atoms with E-state index in [1.54, 1.807) is 27.0 Å². The van der Waals surface area contributed by atoms with Gasteiger partial charge in [-0.2, -0.15) is 5.10 Å². The van der Waals surface area contributed by atoms with Gasteiger partial charge in [-0.1, -0.05) is 24.3 Å². The molecule has 152 valence electrons. The van der Waals surface area contributed by atoms with E-state index >= 15 is 0 Å². The van der Waals surface area contributed by atoms with Gasteiger partial charge in [-0.05, 0) is 51.3 Å². The summed E-state index contributed by atoms with van der Waals surface area (Å²) in [6.45, 7) is 7.47. The number of carbonyl (C=O) groups excluding carboxylic acids is 2. The highest BCUT2D eigenvalue weighted by atomic mass is 32.1. The molecule has 0 fully saturated rings. The lowest BCUT2D eigenvalue weighted by molar-refractivity contribution is -0.138. The Hall–Kier alpha value is -2.93. The molecule has 0 unspecified atom stereocenters. The molecule has 0 N–H and O–H groups in total. The number of hydrogen-bond acceptors (Lipinski definition) is 5. The van der Waals surface area contributed by atoms with Crippen LogP contribution in [0.3, 0.4) is 0 Å². The van der Waals surface area contributed by atoms with Gasteiger partial charge in [0, 0.05) is 18.2 Å². The number of ether oxygens (including phenoxy) is 1. The van der Waals surface area contributed by atoms with Crippen molar-refractivity contribution in [2.45, 2.75) is 39.8 Å². The average Bonchev–Trinajstić information content (AvgIpc) is 3.36. The van der Waals surface area contributed by atoms with Crippen molar-refractivity contribution in [3.63, 3.8) is 0 Å². The molecule has 2 heterocycles. The number of para-hydroxylation sites is 1. The minimum atomic E-state index is -0.579. The van der Waals surface area contributed by atoms with Gasteiger partial charge < -0.3 is 9.64 Å². The lowest BCUT2D eigenvalue weighted by atomic mass is 10.2. The quantitative estimate of drug-likeness (QED) is 0.541. The van der Waals surface area contributed by atoms with E-state index in [2.05, 4.69) is 5.10 Å². The molecule has 7 heteroatoms. The Bertz CT molecular complexity index is 955. The lowest BCUT2D eigenvalue weighted by Crippen LogP contribution is -2.44. The number of aromatic nitrogens is 2. The SMILES string of the molecule is CC(C)N(C(=O)COC(=O)c1cc(-c2cccs2)nn1-c1ccccc1)C(C)C. The van der Waals surface area contributed by atoms with Crippen LogP contribution >= 0.6 is 11.3 Å². The van der Waals surface area contributed by atoms with Crippen molar-refractivity contribution >= 4 is 23.2 Å². The van der Waals surface area contributed by atoms with Gasteiger partial charge in [0.2, 0.25) is 0 Å². The number of esters is 1. The third-order valence-electron chi connectivity index (χ3n) is 4.42. The standard InChI is InChI=1S/C22H25N3O3S/c1-15(2)24(16(3)4)21(26)14-28-22(27)19-13-18(20-11-8-12-29-20)23-25(19)17-9-6-5-7-10-17/h5-13,15-16H,14H2,1-4H3. The molecule has 0 aliphatic rings. The Morgan fingerprint density at radius 1 is 1.07 bits per heavy atom. The molecule has 6 nitrogen and oxygen atoms in total. The van der Waals surface area contributed by atoms with Crippen LogP contribution in [0, 0.1) is 0 Å². The van der Waals surface area contributed by atoms with Crippen molar-refractivity contribution in [1.29, 1.82) is 0 Å². The van der Waals surface area contributed by atoms with Crippen LogP contribution in [0.25, 0.3) is 16.3 Å². The zero-order valence-corrected chi connectivity index (χ0v) is 17.8. The molecule has 3 rings (SSSR count). The predicted octanol–water partition coefficient (Wildman–Crippen LogP) is 4.40. The second kappa shape index (κ2) is 9.05. The molecule has 1 amide bonds. The van der Waals surface area contributed by atoms with Crippen molar-refractivity contribution in [2.24, 2.45) is 0 Å². The highest BCUT2D eigenvalue weighted by Crippen LogP contribution is 2.26. The number of carbonyl (C=O) groups is 2. The summed E-state index contributed by atoms with van der Waals surface area (Å²) in [5.74, 6) is -0.794. The molecule has 0 radical (unpaired) electrons. The van der Waals surface area contributed by atoms with Crippen molar-refractivity contribution in [1.82, 2.24) is 14.7 Å². The van der Waals surface area contributed by atoms with Gasteiger partial charge >= 0.3 is 5.97 Å². The maximum atomic E-state index is 12.8. The Balaban J connectivity index is 1.85. The summed E-state index contributed by atoms with van der Waals surface area (Å²) in [6, 6.07) is 15.0. The van der Waals surface area contributed by atoms with E-state index in [1.807, 2.05) is 75.5 Å². The third-order valence-corrected chi connectivity index (χ3v) is 5.31. The molecule has 0 bridgehead atoms. The van der Waals surface area contributed by atoms with Crippen LogP contribution in [0.1, 0.15) is 38.2 Å². The minimum Gasteiger partial charge on any atom is -0.451 e. The molecule has 2 aromatic heterocycles. The normalized spacial score (nSPS) is 11.1. The Kier molecular flexibility index (Phi) is 6.49. The summed E-state index contributed by atoms with van der Waals surface area (Å²) in [7, 11) is 0. The van der Waals surface area contributed by atoms with Crippen LogP contribution in [0.15, 0.2) is 53.9 Å². The molecule has 0 aliphatic heterocycles. The van der Waals surface area contributed by atoms with Gasteiger partial charge in [0.25, 0.3) is 5.91 Å². The molecular formula is C22H25N3O3S. The molecule has 0 atom stereocenters. The van der Waals surface area contributed by atoms with E-state index in [9.17, 15) is 9.59 Å².